The van der Waals surface area contributed by atoms with Crippen LogP contribution in [0, 0.1) is 0 Å². The van der Waals surface area contributed by atoms with E-state index in [-0.39, 0.29) is 11.8 Å². The van der Waals surface area contributed by atoms with Gasteiger partial charge < -0.3 is 5.32 Å². The maximum absolute atomic E-state index is 11.2. The first kappa shape index (κ1) is 17.8. The van der Waals surface area contributed by atoms with Gasteiger partial charge in [-0.25, -0.2) is 8.42 Å². The Morgan fingerprint density at radius 3 is 2.50 bits per heavy atom. The SMILES string of the molecule is CCCNC(CCCS(C)(=O)=O)c1ccc(Cl)c(Cl)c1. The molecule has 0 amide bonds. The smallest absolute Gasteiger partial charge is 0.147 e. The number of halogens is 2. The molecular weight excluding hydrogens is 317 g/mol. The zero-order valence-corrected chi connectivity index (χ0v) is 14.2. The molecule has 1 aromatic rings. The number of sulfone groups is 1. The summed E-state index contributed by atoms with van der Waals surface area (Å²) < 4.78 is 22.4. The van der Waals surface area contributed by atoms with Gasteiger partial charge in [-0.2, -0.15) is 0 Å². The van der Waals surface area contributed by atoms with E-state index in [4.69, 9.17) is 23.2 Å². The van der Waals surface area contributed by atoms with Crippen LogP contribution in [-0.2, 0) is 9.84 Å². The molecule has 0 aliphatic heterocycles. The van der Waals surface area contributed by atoms with Gasteiger partial charge in [0.25, 0.3) is 0 Å². The van der Waals surface area contributed by atoms with Gasteiger partial charge in [0.1, 0.15) is 9.84 Å². The summed E-state index contributed by atoms with van der Waals surface area (Å²) in [4.78, 5) is 0. The Bertz CT molecular complexity index is 532. The van der Waals surface area contributed by atoms with E-state index in [0.717, 1.165) is 24.9 Å². The van der Waals surface area contributed by atoms with Gasteiger partial charge in [0, 0.05) is 18.1 Å². The highest BCUT2D eigenvalue weighted by Crippen LogP contribution is 2.27. The second kappa shape index (κ2) is 8.23. The van der Waals surface area contributed by atoms with Crippen molar-refractivity contribution >= 4 is 33.0 Å². The first-order valence-electron chi connectivity index (χ1n) is 6.69. The molecule has 0 spiro atoms. The Balaban J connectivity index is 2.74. The third kappa shape index (κ3) is 6.44. The summed E-state index contributed by atoms with van der Waals surface area (Å²) in [5.41, 5.74) is 1.04. The Morgan fingerprint density at radius 2 is 1.95 bits per heavy atom. The largest absolute Gasteiger partial charge is 0.310 e. The predicted molar refractivity (Wildman–Crippen MR) is 86.4 cm³/mol. The first-order chi connectivity index (χ1) is 9.33. The number of hydrogen-bond donors (Lipinski definition) is 1. The van der Waals surface area contributed by atoms with Gasteiger partial charge in [-0.05, 0) is 43.5 Å². The highest BCUT2D eigenvalue weighted by atomic mass is 35.5. The topological polar surface area (TPSA) is 46.2 Å². The van der Waals surface area contributed by atoms with Gasteiger partial charge in [-0.3, -0.25) is 0 Å². The van der Waals surface area contributed by atoms with Gasteiger partial charge in [0.15, 0.2) is 0 Å². The molecule has 0 fully saturated rings. The summed E-state index contributed by atoms with van der Waals surface area (Å²) in [5.74, 6) is 0.207. The minimum absolute atomic E-state index is 0.103. The zero-order valence-electron chi connectivity index (χ0n) is 11.8. The average molecular weight is 338 g/mol. The van der Waals surface area contributed by atoms with E-state index in [1.807, 2.05) is 12.1 Å². The summed E-state index contributed by atoms with van der Waals surface area (Å²) in [6, 6.07) is 5.65. The molecular formula is C14H21Cl2NO2S. The molecule has 1 unspecified atom stereocenters. The third-order valence-electron chi connectivity index (χ3n) is 2.99. The fraction of sp³-hybridized carbons (Fsp3) is 0.571. The second-order valence-corrected chi connectivity index (χ2v) is 8.03. The summed E-state index contributed by atoms with van der Waals surface area (Å²) in [6.07, 6.45) is 3.66. The van der Waals surface area contributed by atoms with Gasteiger partial charge in [0.2, 0.25) is 0 Å². The first-order valence-corrected chi connectivity index (χ1v) is 9.51. The van der Waals surface area contributed by atoms with Crippen molar-refractivity contribution in [2.75, 3.05) is 18.6 Å². The van der Waals surface area contributed by atoms with Crippen molar-refractivity contribution in [2.45, 2.75) is 32.2 Å². The van der Waals surface area contributed by atoms with Crippen LogP contribution in [0.5, 0.6) is 0 Å². The fourth-order valence-electron chi connectivity index (χ4n) is 1.98. The van der Waals surface area contributed by atoms with Crippen molar-refractivity contribution < 1.29 is 8.42 Å². The molecule has 0 heterocycles. The lowest BCUT2D eigenvalue weighted by molar-refractivity contribution is 0.492. The number of benzene rings is 1. The van der Waals surface area contributed by atoms with Crippen LogP contribution in [0.2, 0.25) is 10.0 Å². The normalized spacial score (nSPS) is 13.4. The quantitative estimate of drug-likeness (QED) is 0.783. The molecule has 3 nitrogen and oxygen atoms in total. The van der Waals surface area contributed by atoms with E-state index in [0.29, 0.717) is 16.5 Å². The summed E-state index contributed by atoms with van der Waals surface area (Å²) in [6.45, 7) is 2.97. The van der Waals surface area contributed by atoms with E-state index in [9.17, 15) is 8.42 Å². The average Bonchev–Trinajstić information content (AvgIpc) is 2.35. The maximum atomic E-state index is 11.2. The summed E-state index contributed by atoms with van der Waals surface area (Å²) in [7, 11) is -2.91. The van der Waals surface area contributed by atoms with Crippen LogP contribution in [0.3, 0.4) is 0 Å². The molecule has 1 rings (SSSR count). The molecule has 0 saturated carbocycles. The Hall–Kier alpha value is -0.290. The molecule has 1 N–H and O–H groups in total. The van der Waals surface area contributed by atoms with Crippen molar-refractivity contribution in [2.24, 2.45) is 0 Å². The Morgan fingerprint density at radius 1 is 1.25 bits per heavy atom. The van der Waals surface area contributed by atoms with Gasteiger partial charge in [-0.15, -0.1) is 0 Å². The van der Waals surface area contributed by atoms with Crippen molar-refractivity contribution in [1.29, 1.82) is 0 Å². The lowest BCUT2D eigenvalue weighted by Gasteiger charge is -2.19. The zero-order chi connectivity index (χ0) is 15.2. The fourth-order valence-corrected chi connectivity index (χ4v) is 2.98. The highest BCUT2D eigenvalue weighted by Gasteiger charge is 2.13. The molecule has 0 aromatic heterocycles. The Labute approximate surface area is 131 Å². The van der Waals surface area contributed by atoms with Crippen molar-refractivity contribution in [1.82, 2.24) is 5.32 Å². The molecule has 0 saturated heterocycles. The van der Waals surface area contributed by atoms with E-state index in [1.165, 1.54) is 6.26 Å². The minimum Gasteiger partial charge on any atom is -0.310 e. The lowest BCUT2D eigenvalue weighted by atomic mass is 10.0. The van der Waals surface area contributed by atoms with Crippen molar-refractivity contribution in [3.63, 3.8) is 0 Å². The number of rotatable bonds is 8. The number of hydrogen-bond acceptors (Lipinski definition) is 3. The van der Waals surface area contributed by atoms with E-state index < -0.39 is 9.84 Å². The maximum Gasteiger partial charge on any atom is 0.147 e. The second-order valence-electron chi connectivity index (χ2n) is 4.95. The number of nitrogens with one attached hydrogen (secondary N) is 1. The van der Waals surface area contributed by atoms with Gasteiger partial charge >= 0.3 is 0 Å². The molecule has 0 bridgehead atoms. The molecule has 0 radical (unpaired) electrons. The van der Waals surface area contributed by atoms with Crippen LogP contribution in [0.1, 0.15) is 37.8 Å². The predicted octanol–water partition coefficient (Wildman–Crippen LogP) is 3.86. The van der Waals surface area contributed by atoms with Crippen LogP contribution in [0.15, 0.2) is 18.2 Å². The van der Waals surface area contributed by atoms with E-state index >= 15 is 0 Å². The molecule has 20 heavy (non-hydrogen) atoms. The Kier molecular flexibility index (Phi) is 7.30. The molecule has 0 aliphatic rings. The van der Waals surface area contributed by atoms with E-state index in [1.54, 1.807) is 6.07 Å². The van der Waals surface area contributed by atoms with Crippen LogP contribution in [-0.4, -0.2) is 27.0 Å². The minimum atomic E-state index is -2.91. The molecule has 114 valence electrons. The van der Waals surface area contributed by atoms with Crippen LogP contribution < -0.4 is 5.32 Å². The lowest BCUT2D eigenvalue weighted by Crippen LogP contribution is -2.23. The standard InChI is InChI=1S/C14H21Cl2NO2S/c1-3-8-17-14(5-4-9-20(2,18)19)11-6-7-12(15)13(16)10-11/h6-7,10,14,17H,3-5,8-9H2,1-2H3. The molecule has 1 aromatic carbocycles. The summed E-state index contributed by atoms with van der Waals surface area (Å²) in [5, 5.41) is 4.47. The van der Waals surface area contributed by atoms with Gasteiger partial charge in [-0.1, -0.05) is 36.2 Å². The van der Waals surface area contributed by atoms with Crippen molar-refractivity contribution in [3.8, 4) is 0 Å². The summed E-state index contributed by atoms with van der Waals surface area (Å²) >= 11 is 12.0. The van der Waals surface area contributed by atoms with Crippen molar-refractivity contribution in [3.05, 3.63) is 33.8 Å². The molecule has 1 atom stereocenters. The van der Waals surface area contributed by atoms with E-state index in [2.05, 4.69) is 12.2 Å². The van der Waals surface area contributed by atoms with Crippen LogP contribution >= 0.6 is 23.2 Å². The van der Waals surface area contributed by atoms with Crippen LogP contribution in [0.25, 0.3) is 0 Å². The monoisotopic (exact) mass is 337 g/mol. The third-order valence-corrected chi connectivity index (χ3v) is 4.76. The van der Waals surface area contributed by atoms with Crippen LogP contribution in [0.4, 0.5) is 0 Å². The molecule has 6 heteroatoms. The van der Waals surface area contributed by atoms with Gasteiger partial charge in [0.05, 0.1) is 10.0 Å². The molecule has 0 aliphatic carbocycles. The highest BCUT2D eigenvalue weighted by molar-refractivity contribution is 7.90.